The van der Waals surface area contributed by atoms with E-state index in [1.807, 2.05) is 6.07 Å². The number of amides is 1. The second-order valence-electron chi connectivity index (χ2n) is 8.95. The van der Waals surface area contributed by atoms with Crippen molar-refractivity contribution in [2.45, 2.75) is 19.9 Å². The molecule has 2 aliphatic heterocycles. The van der Waals surface area contributed by atoms with Crippen molar-refractivity contribution < 1.29 is 9.18 Å². The number of nitrogens with zero attached hydrogens (tertiary/aromatic N) is 7. The maximum absolute atomic E-state index is 13.2. The monoisotopic (exact) mass is 462 g/mol. The van der Waals surface area contributed by atoms with Crippen LogP contribution < -0.4 is 20.0 Å². The van der Waals surface area contributed by atoms with Crippen LogP contribution >= 0.6 is 0 Å². The van der Waals surface area contributed by atoms with Gasteiger partial charge in [-0.25, -0.2) is 24.3 Å². The van der Waals surface area contributed by atoms with E-state index in [2.05, 4.69) is 53.8 Å². The Morgan fingerprint density at radius 2 is 1.62 bits per heavy atom. The number of hydrogen-bond acceptors (Lipinski definition) is 8. The van der Waals surface area contributed by atoms with E-state index in [9.17, 15) is 9.18 Å². The molecule has 0 bridgehead atoms. The van der Waals surface area contributed by atoms with E-state index in [-0.39, 0.29) is 17.8 Å². The summed E-state index contributed by atoms with van der Waals surface area (Å²) in [7, 11) is 0. The SMILES string of the molecule is CC1CN(c2ccc(C(=O)Nc3cnc(N4CCN(c5ccc(F)cn5)C(C)C4)cn3)cn2)C1. The second-order valence-corrected chi connectivity index (χ2v) is 8.95. The molecule has 1 N–H and O–H groups in total. The highest BCUT2D eigenvalue weighted by molar-refractivity contribution is 6.03. The number of rotatable bonds is 5. The molecule has 1 atom stereocenters. The zero-order valence-electron chi connectivity index (χ0n) is 19.2. The van der Waals surface area contributed by atoms with Crippen molar-refractivity contribution in [3.63, 3.8) is 0 Å². The molecule has 5 heterocycles. The third-order valence-electron chi connectivity index (χ3n) is 6.24. The van der Waals surface area contributed by atoms with Crippen molar-refractivity contribution in [2.75, 3.05) is 52.7 Å². The first-order valence-electron chi connectivity index (χ1n) is 11.4. The average molecular weight is 463 g/mol. The van der Waals surface area contributed by atoms with E-state index in [0.717, 1.165) is 50.2 Å². The van der Waals surface area contributed by atoms with Gasteiger partial charge in [0.2, 0.25) is 0 Å². The Morgan fingerprint density at radius 3 is 2.24 bits per heavy atom. The summed E-state index contributed by atoms with van der Waals surface area (Å²) in [6.07, 6.45) is 6.06. The van der Waals surface area contributed by atoms with Crippen molar-refractivity contribution in [2.24, 2.45) is 5.92 Å². The first kappa shape index (κ1) is 22.0. The zero-order chi connectivity index (χ0) is 23.7. The minimum Gasteiger partial charge on any atom is -0.356 e. The van der Waals surface area contributed by atoms with Crippen LogP contribution in [0.4, 0.5) is 27.7 Å². The van der Waals surface area contributed by atoms with Gasteiger partial charge in [0.05, 0.1) is 24.2 Å². The van der Waals surface area contributed by atoms with Crippen molar-refractivity contribution in [1.29, 1.82) is 0 Å². The lowest BCUT2D eigenvalue weighted by molar-refractivity contribution is 0.102. The minimum atomic E-state index is -0.341. The summed E-state index contributed by atoms with van der Waals surface area (Å²) < 4.78 is 13.2. The quantitative estimate of drug-likeness (QED) is 0.619. The van der Waals surface area contributed by atoms with Crippen LogP contribution in [0, 0.1) is 11.7 Å². The molecule has 3 aromatic heterocycles. The van der Waals surface area contributed by atoms with Gasteiger partial charge in [0, 0.05) is 45.0 Å². The third kappa shape index (κ3) is 4.61. The number of carbonyl (C=O) groups is 1. The maximum atomic E-state index is 13.2. The van der Waals surface area contributed by atoms with Gasteiger partial charge in [-0.2, -0.15) is 0 Å². The second kappa shape index (κ2) is 9.20. The lowest BCUT2D eigenvalue weighted by Gasteiger charge is -2.41. The van der Waals surface area contributed by atoms with E-state index < -0.39 is 0 Å². The fourth-order valence-corrected chi connectivity index (χ4v) is 4.37. The number of aromatic nitrogens is 4. The van der Waals surface area contributed by atoms with Gasteiger partial charge in [0.25, 0.3) is 5.91 Å². The molecule has 5 rings (SSSR count). The summed E-state index contributed by atoms with van der Waals surface area (Å²) in [6.45, 7) is 8.50. The number of nitrogens with one attached hydrogen (secondary N) is 1. The van der Waals surface area contributed by atoms with Crippen LogP contribution in [0.15, 0.2) is 49.1 Å². The van der Waals surface area contributed by atoms with Crippen LogP contribution in [-0.2, 0) is 0 Å². The van der Waals surface area contributed by atoms with Gasteiger partial charge in [-0.15, -0.1) is 0 Å². The topological polar surface area (TPSA) is 90.4 Å². The van der Waals surface area contributed by atoms with Crippen molar-refractivity contribution in [3.05, 3.63) is 60.4 Å². The first-order chi connectivity index (χ1) is 16.5. The molecule has 0 aliphatic carbocycles. The average Bonchev–Trinajstić information content (AvgIpc) is 2.83. The van der Waals surface area contributed by atoms with Gasteiger partial charge in [-0.05, 0) is 37.1 Å². The highest BCUT2D eigenvalue weighted by Crippen LogP contribution is 2.23. The van der Waals surface area contributed by atoms with Crippen molar-refractivity contribution >= 4 is 29.2 Å². The van der Waals surface area contributed by atoms with Gasteiger partial charge >= 0.3 is 0 Å². The van der Waals surface area contributed by atoms with Crippen LogP contribution in [0.2, 0.25) is 0 Å². The molecule has 9 nitrogen and oxygen atoms in total. The number of pyridine rings is 2. The molecule has 176 valence electrons. The van der Waals surface area contributed by atoms with E-state index in [1.165, 1.54) is 12.3 Å². The minimum absolute atomic E-state index is 0.169. The van der Waals surface area contributed by atoms with Gasteiger partial charge < -0.3 is 20.0 Å². The fourth-order valence-electron chi connectivity index (χ4n) is 4.37. The van der Waals surface area contributed by atoms with Gasteiger partial charge in [0.1, 0.15) is 23.3 Å². The predicted octanol–water partition coefficient (Wildman–Crippen LogP) is 2.83. The van der Waals surface area contributed by atoms with Crippen molar-refractivity contribution in [1.82, 2.24) is 19.9 Å². The predicted molar refractivity (Wildman–Crippen MR) is 129 cm³/mol. The normalized spacial score (nSPS) is 18.6. The van der Waals surface area contributed by atoms with Crippen LogP contribution in [0.3, 0.4) is 0 Å². The lowest BCUT2D eigenvalue weighted by atomic mass is 10.0. The summed E-state index contributed by atoms with van der Waals surface area (Å²) in [6, 6.07) is 6.95. The Balaban J connectivity index is 1.17. The molecule has 2 saturated heterocycles. The highest BCUT2D eigenvalue weighted by Gasteiger charge is 2.26. The molecule has 3 aromatic rings. The number of anilines is 4. The van der Waals surface area contributed by atoms with Crippen LogP contribution in [0.25, 0.3) is 0 Å². The molecule has 2 fully saturated rings. The Kier molecular flexibility index (Phi) is 5.95. The molecule has 10 heteroatoms. The Morgan fingerprint density at radius 1 is 0.853 bits per heavy atom. The Bertz CT molecular complexity index is 1130. The molecule has 34 heavy (non-hydrogen) atoms. The maximum Gasteiger partial charge on any atom is 0.258 e. The highest BCUT2D eigenvalue weighted by atomic mass is 19.1. The Hall–Kier alpha value is -3.82. The largest absolute Gasteiger partial charge is 0.356 e. The van der Waals surface area contributed by atoms with Crippen LogP contribution in [0.5, 0.6) is 0 Å². The van der Waals surface area contributed by atoms with Crippen molar-refractivity contribution in [3.8, 4) is 0 Å². The summed E-state index contributed by atoms with van der Waals surface area (Å²) in [4.78, 5) is 36.5. The molecular weight excluding hydrogens is 435 g/mol. The first-order valence-corrected chi connectivity index (χ1v) is 11.4. The van der Waals surface area contributed by atoms with Gasteiger partial charge in [0.15, 0.2) is 5.82 Å². The van der Waals surface area contributed by atoms with E-state index in [4.69, 9.17) is 0 Å². The number of hydrogen-bond donors (Lipinski definition) is 1. The van der Waals surface area contributed by atoms with Gasteiger partial charge in [-0.3, -0.25) is 4.79 Å². The molecule has 2 aliphatic rings. The zero-order valence-corrected chi connectivity index (χ0v) is 19.2. The van der Waals surface area contributed by atoms with Crippen LogP contribution in [-0.4, -0.2) is 64.6 Å². The molecule has 1 unspecified atom stereocenters. The molecule has 0 radical (unpaired) electrons. The molecule has 0 saturated carbocycles. The van der Waals surface area contributed by atoms with E-state index in [1.54, 1.807) is 30.7 Å². The van der Waals surface area contributed by atoms with Crippen LogP contribution in [0.1, 0.15) is 24.2 Å². The number of piperazine rings is 1. The summed E-state index contributed by atoms with van der Waals surface area (Å²) >= 11 is 0. The molecular formula is C24H27FN8O. The standard InChI is InChI=1S/C24H27FN8O/c1-16-13-32(14-16)21-5-3-18(9-27-21)24(34)30-20-11-29-23(12-26-20)31-7-8-33(17(2)15-31)22-6-4-19(25)10-28-22/h3-6,9-12,16-17H,7-8,13-15H2,1-2H3,(H,26,30,34). The summed E-state index contributed by atoms with van der Waals surface area (Å²) in [5.74, 6) is 2.86. The third-order valence-corrected chi connectivity index (χ3v) is 6.24. The van der Waals surface area contributed by atoms with Gasteiger partial charge in [-0.1, -0.05) is 6.92 Å². The number of carbonyl (C=O) groups excluding carboxylic acids is 1. The summed E-state index contributed by atoms with van der Waals surface area (Å²) in [5, 5.41) is 2.78. The smallest absolute Gasteiger partial charge is 0.258 e. The summed E-state index contributed by atoms with van der Waals surface area (Å²) in [5.41, 5.74) is 0.475. The molecule has 1 amide bonds. The molecule has 0 spiro atoms. The van der Waals surface area contributed by atoms with E-state index in [0.29, 0.717) is 17.3 Å². The fraction of sp³-hybridized carbons (Fsp3) is 0.375. The lowest BCUT2D eigenvalue weighted by Crippen LogP contribution is -2.52. The van der Waals surface area contributed by atoms with E-state index >= 15 is 0 Å². The molecule has 0 aromatic carbocycles. The number of halogens is 1. The Labute approximate surface area is 197 Å².